The highest BCUT2D eigenvalue weighted by Gasteiger charge is 2.41. The fourth-order valence-corrected chi connectivity index (χ4v) is 4.56. The van der Waals surface area contributed by atoms with Crippen LogP contribution < -0.4 is 0 Å². The van der Waals surface area contributed by atoms with Gasteiger partial charge in [0.2, 0.25) is 5.91 Å². The highest BCUT2D eigenvalue weighted by Crippen LogP contribution is 2.40. The van der Waals surface area contributed by atoms with E-state index in [9.17, 15) is 4.79 Å². The zero-order valence-corrected chi connectivity index (χ0v) is 16.1. The lowest BCUT2D eigenvalue weighted by molar-refractivity contribution is -0.148. The largest absolute Gasteiger partial charge is 0.361 e. The molecule has 0 saturated carbocycles. The number of H-pyrrole nitrogens is 1. The van der Waals surface area contributed by atoms with Gasteiger partial charge in [-0.1, -0.05) is 55.5 Å². The number of aromatic nitrogens is 1. The van der Waals surface area contributed by atoms with Gasteiger partial charge in [0.1, 0.15) is 0 Å². The molecular weight excluding hydrogens is 332 g/mol. The number of amides is 1. The van der Waals surface area contributed by atoms with Crippen LogP contribution in [0.2, 0.25) is 0 Å². The van der Waals surface area contributed by atoms with Crippen molar-refractivity contribution in [3.05, 3.63) is 71.9 Å². The van der Waals surface area contributed by atoms with Crippen LogP contribution >= 0.6 is 0 Å². The lowest BCUT2D eigenvalue weighted by Crippen LogP contribution is -2.48. The Kier molecular flexibility index (Phi) is 5.02. The van der Waals surface area contributed by atoms with Crippen molar-refractivity contribution < 1.29 is 4.79 Å². The van der Waals surface area contributed by atoms with E-state index < -0.39 is 0 Å². The number of aromatic amines is 1. The number of benzene rings is 2. The quantitative estimate of drug-likeness (QED) is 0.634. The summed E-state index contributed by atoms with van der Waals surface area (Å²) >= 11 is 0. The van der Waals surface area contributed by atoms with Crippen molar-refractivity contribution in [2.45, 2.75) is 45.6 Å². The third-order valence-corrected chi connectivity index (χ3v) is 6.27. The van der Waals surface area contributed by atoms with Crippen LogP contribution in [0.25, 0.3) is 10.9 Å². The molecule has 1 unspecified atom stereocenters. The van der Waals surface area contributed by atoms with Crippen LogP contribution in [0.15, 0.2) is 60.8 Å². The molecule has 1 N–H and O–H groups in total. The molecule has 1 amide bonds. The number of nitrogens with one attached hydrogen (secondary N) is 1. The molecular formula is C24H28N2O. The number of fused-ring (bicyclic) bond motifs is 1. The third-order valence-electron chi connectivity index (χ3n) is 6.27. The number of piperidine rings is 1. The Morgan fingerprint density at radius 1 is 1.07 bits per heavy atom. The van der Waals surface area contributed by atoms with Gasteiger partial charge in [-0.15, -0.1) is 0 Å². The molecule has 1 aliphatic rings. The van der Waals surface area contributed by atoms with Gasteiger partial charge in [0.05, 0.1) is 0 Å². The van der Waals surface area contributed by atoms with Crippen molar-refractivity contribution in [1.29, 1.82) is 0 Å². The van der Waals surface area contributed by atoms with Crippen molar-refractivity contribution >= 4 is 16.8 Å². The Hall–Kier alpha value is -2.55. The predicted octanol–water partition coefficient (Wildman–Crippen LogP) is 5.32. The topological polar surface area (TPSA) is 36.1 Å². The summed E-state index contributed by atoms with van der Waals surface area (Å²) in [6.45, 7) is 3.79. The lowest BCUT2D eigenvalue weighted by atomic mass is 9.72. The van der Waals surface area contributed by atoms with Crippen molar-refractivity contribution in [2.75, 3.05) is 6.54 Å². The first-order valence-corrected chi connectivity index (χ1v) is 10.1. The molecule has 3 nitrogen and oxygen atoms in total. The van der Waals surface area contributed by atoms with Gasteiger partial charge in [0.15, 0.2) is 0 Å². The predicted molar refractivity (Wildman–Crippen MR) is 110 cm³/mol. The van der Waals surface area contributed by atoms with E-state index in [2.05, 4.69) is 59.4 Å². The Morgan fingerprint density at radius 2 is 1.85 bits per heavy atom. The molecule has 27 heavy (non-hydrogen) atoms. The number of hydrogen-bond acceptors (Lipinski definition) is 1. The average Bonchev–Trinajstić information content (AvgIpc) is 3.13. The molecule has 1 saturated heterocycles. The normalized spacial score (nSPS) is 20.3. The highest BCUT2D eigenvalue weighted by molar-refractivity contribution is 5.85. The smallest absolute Gasteiger partial charge is 0.229 e. The van der Waals surface area contributed by atoms with Crippen LogP contribution in [-0.2, 0) is 17.8 Å². The minimum Gasteiger partial charge on any atom is -0.361 e. The summed E-state index contributed by atoms with van der Waals surface area (Å²) in [5.74, 6) is 0.347. The average molecular weight is 361 g/mol. The van der Waals surface area contributed by atoms with E-state index in [0.29, 0.717) is 5.91 Å². The van der Waals surface area contributed by atoms with E-state index in [-0.39, 0.29) is 5.41 Å². The first-order valence-electron chi connectivity index (χ1n) is 10.1. The van der Waals surface area contributed by atoms with Crippen LogP contribution in [0.3, 0.4) is 0 Å². The SMILES string of the molecule is CCC1(CCc2c[nH]c3ccccc23)CCCN(Cc2ccccc2)C1=O. The highest BCUT2D eigenvalue weighted by atomic mass is 16.2. The van der Waals surface area contributed by atoms with E-state index in [1.54, 1.807) is 0 Å². The molecule has 1 atom stereocenters. The zero-order chi connectivity index (χ0) is 18.7. The van der Waals surface area contributed by atoms with Crippen LogP contribution in [-0.4, -0.2) is 22.3 Å². The Morgan fingerprint density at radius 3 is 2.67 bits per heavy atom. The molecule has 3 aromatic rings. The number of carbonyl (C=O) groups excluding carboxylic acids is 1. The van der Waals surface area contributed by atoms with E-state index in [4.69, 9.17) is 0 Å². The molecule has 3 heteroatoms. The molecule has 4 rings (SSSR count). The Bertz CT molecular complexity index is 914. The first-order chi connectivity index (χ1) is 13.2. The van der Waals surface area contributed by atoms with E-state index in [1.807, 2.05) is 18.2 Å². The van der Waals surface area contributed by atoms with Gasteiger partial charge in [0.25, 0.3) is 0 Å². The number of para-hydroxylation sites is 1. The van der Waals surface area contributed by atoms with Crippen molar-refractivity contribution in [1.82, 2.24) is 9.88 Å². The summed E-state index contributed by atoms with van der Waals surface area (Å²) in [5.41, 5.74) is 3.50. The van der Waals surface area contributed by atoms with Crippen LogP contribution in [0.4, 0.5) is 0 Å². The third kappa shape index (κ3) is 3.51. The van der Waals surface area contributed by atoms with Gasteiger partial charge in [-0.25, -0.2) is 0 Å². The van der Waals surface area contributed by atoms with Crippen LogP contribution in [0.5, 0.6) is 0 Å². The van der Waals surface area contributed by atoms with Gasteiger partial charge in [-0.3, -0.25) is 4.79 Å². The van der Waals surface area contributed by atoms with Crippen molar-refractivity contribution in [2.24, 2.45) is 5.41 Å². The number of nitrogens with zero attached hydrogens (tertiary/aromatic N) is 1. The summed E-state index contributed by atoms with van der Waals surface area (Å²) in [6.07, 6.45) is 7.01. The summed E-state index contributed by atoms with van der Waals surface area (Å²) in [6, 6.07) is 18.8. The fraction of sp³-hybridized carbons (Fsp3) is 0.375. The van der Waals surface area contributed by atoms with Crippen molar-refractivity contribution in [3.63, 3.8) is 0 Å². The van der Waals surface area contributed by atoms with E-state index >= 15 is 0 Å². The molecule has 0 aliphatic carbocycles. The van der Waals surface area contributed by atoms with Gasteiger partial charge in [0, 0.05) is 35.6 Å². The van der Waals surface area contributed by atoms with E-state index in [0.717, 1.165) is 45.2 Å². The summed E-state index contributed by atoms with van der Waals surface area (Å²) in [5, 5.41) is 1.29. The Labute approximate surface area is 161 Å². The maximum Gasteiger partial charge on any atom is 0.229 e. The number of carbonyl (C=O) groups is 1. The zero-order valence-electron chi connectivity index (χ0n) is 16.1. The summed E-state index contributed by atoms with van der Waals surface area (Å²) < 4.78 is 0. The monoisotopic (exact) mass is 360 g/mol. The summed E-state index contributed by atoms with van der Waals surface area (Å²) in [4.78, 5) is 18.9. The maximum absolute atomic E-state index is 13.4. The van der Waals surface area contributed by atoms with Gasteiger partial charge >= 0.3 is 0 Å². The second kappa shape index (κ2) is 7.59. The van der Waals surface area contributed by atoms with Crippen molar-refractivity contribution in [3.8, 4) is 0 Å². The minimum absolute atomic E-state index is 0.217. The van der Waals surface area contributed by atoms with Gasteiger partial charge in [-0.05, 0) is 49.3 Å². The molecule has 0 spiro atoms. The molecule has 1 aromatic heterocycles. The second-order valence-corrected chi connectivity index (χ2v) is 7.81. The molecule has 2 heterocycles. The standard InChI is InChI=1S/C24H28N2O/c1-2-24(15-13-20-17-25-22-12-7-6-11-21(20)22)14-8-16-26(23(24)27)18-19-9-4-3-5-10-19/h3-7,9-12,17,25H,2,8,13-16,18H2,1H3. The van der Waals surface area contributed by atoms with Gasteiger partial charge < -0.3 is 9.88 Å². The molecule has 1 aliphatic heterocycles. The second-order valence-electron chi connectivity index (χ2n) is 7.81. The molecule has 140 valence electrons. The van der Waals surface area contributed by atoms with E-state index in [1.165, 1.54) is 22.0 Å². The molecule has 0 radical (unpaired) electrons. The number of hydrogen-bond donors (Lipinski definition) is 1. The molecule has 2 aromatic carbocycles. The van der Waals surface area contributed by atoms with Gasteiger partial charge in [-0.2, -0.15) is 0 Å². The van der Waals surface area contributed by atoms with Crippen LogP contribution in [0, 0.1) is 5.41 Å². The summed E-state index contributed by atoms with van der Waals surface area (Å²) in [7, 11) is 0. The lowest BCUT2D eigenvalue weighted by Gasteiger charge is -2.41. The van der Waals surface area contributed by atoms with Crippen LogP contribution in [0.1, 0.15) is 43.7 Å². The minimum atomic E-state index is -0.217. The molecule has 0 bridgehead atoms. The number of aryl methyl sites for hydroxylation is 1. The number of likely N-dealkylation sites (tertiary alicyclic amines) is 1. The maximum atomic E-state index is 13.4. The fourth-order valence-electron chi connectivity index (χ4n) is 4.56. The Balaban J connectivity index is 1.51. The number of rotatable bonds is 6. The first kappa shape index (κ1) is 17.8. The molecule has 1 fully saturated rings.